The Balaban J connectivity index is 1.03. The second-order valence-electron chi connectivity index (χ2n) is 12.5. The molecule has 0 fully saturated rings. The zero-order valence-corrected chi connectivity index (χ0v) is 26.5. The lowest BCUT2D eigenvalue weighted by molar-refractivity contribution is 0.670. The molecule has 0 N–H and O–H groups in total. The summed E-state index contributed by atoms with van der Waals surface area (Å²) in [5.41, 5.74) is 12.5. The van der Waals surface area contributed by atoms with E-state index in [2.05, 4.69) is 152 Å². The number of rotatable bonds is 4. The predicted molar refractivity (Wildman–Crippen MR) is 204 cm³/mol. The highest BCUT2D eigenvalue weighted by molar-refractivity contribution is 6.23. The summed E-state index contributed by atoms with van der Waals surface area (Å²) in [6, 6.07) is 57.7. The van der Waals surface area contributed by atoms with Gasteiger partial charge in [0.1, 0.15) is 11.2 Å². The van der Waals surface area contributed by atoms with Crippen molar-refractivity contribution < 1.29 is 4.42 Å². The fourth-order valence-electron chi connectivity index (χ4n) is 7.39. The minimum absolute atomic E-state index is 0.863. The zero-order valence-electron chi connectivity index (χ0n) is 26.5. The Morgan fingerprint density at radius 1 is 0.367 bits per heavy atom. The van der Waals surface area contributed by atoms with Crippen LogP contribution in [0.15, 0.2) is 174 Å². The van der Waals surface area contributed by atoms with Crippen molar-refractivity contribution in [3.8, 4) is 44.6 Å². The summed E-state index contributed by atoms with van der Waals surface area (Å²) < 4.78 is 6.42. The Hall–Kier alpha value is -6.58. The van der Waals surface area contributed by atoms with Gasteiger partial charge in [0, 0.05) is 32.7 Å². The van der Waals surface area contributed by atoms with Crippen molar-refractivity contribution in [3.63, 3.8) is 0 Å². The number of aromatic nitrogens is 2. The van der Waals surface area contributed by atoms with Gasteiger partial charge in [-0.1, -0.05) is 152 Å². The standard InChI is InChI=1S/C46H28N2O/c1-2-14-34(40-20-10-21-41-37-17-7-8-22-43(37)49-46(40)41)33(13-1)32-12-9-11-31(27-32)29-23-25-30(26-24-29)42-28-47-44-38-18-5-3-15-35(38)36-16-4-6-19-39(36)45(44)48-42/h1-28H. The van der Waals surface area contributed by atoms with Crippen LogP contribution < -0.4 is 0 Å². The van der Waals surface area contributed by atoms with Crippen LogP contribution in [0.5, 0.6) is 0 Å². The fraction of sp³-hybridized carbons (Fsp3) is 0. The molecule has 2 heterocycles. The fourth-order valence-corrected chi connectivity index (χ4v) is 7.39. The molecular weight excluding hydrogens is 597 g/mol. The summed E-state index contributed by atoms with van der Waals surface area (Å²) in [5.74, 6) is 0. The molecule has 0 bridgehead atoms. The second kappa shape index (κ2) is 11.0. The Morgan fingerprint density at radius 2 is 0.939 bits per heavy atom. The molecule has 8 aromatic carbocycles. The second-order valence-corrected chi connectivity index (χ2v) is 12.5. The van der Waals surface area contributed by atoms with Crippen LogP contribution in [0.1, 0.15) is 0 Å². The van der Waals surface area contributed by atoms with Gasteiger partial charge in [0.15, 0.2) is 0 Å². The average Bonchev–Trinajstić information content (AvgIpc) is 3.57. The van der Waals surface area contributed by atoms with E-state index in [4.69, 9.17) is 14.4 Å². The first-order chi connectivity index (χ1) is 24.3. The van der Waals surface area contributed by atoms with Crippen molar-refractivity contribution in [1.82, 2.24) is 9.97 Å². The maximum atomic E-state index is 6.42. The van der Waals surface area contributed by atoms with Gasteiger partial charge in [0.25, 0.3) is 0 Å². The van der Waals surface area contributed by atoms with Crippen LogP contribution in [0, 0.1) is 0 Å². The average molecular weight is 625 g/mol. The monoisotopic (exact) mass is 624 g/mol. The number of hydrogen-bond acceptors (Lipinski definition) is 3. The minimum atomic E-state index is 0.863. The molecule has 3 nitrogen and oxygen atoms in total. The molecule has 0 aliphatic carbocycles. The van der Waals surface area contributed by atoms with Crippen LogP contribution in [0.4, 0.5) is 0 Å². The first-order valence-corrected chi connectivity index (χ1v) is 16.6. The molecule has 0 unspecified atom stereocenters. The summed E-state index contributed by atoms with van der Waals surface area (Å²) >= 11 is 0. The van der Waals surface area contributed by atoms with E-state index in [1.54, 1.807) is 0 Å². The van der Waals surface area contributed by atoms with Gasteiger partial charge >= 0.3 is 0 Å². The third kappa shape index (κ3) is 4.44. The molecular formula is C46H28N2O. The quantitative estimate of drug-likeness (QED) is 0.183. The minimum Gasteiger partial charge on any atom is -0.455 e. The lowest BCUT2D eigenvalue weighted by Crippen LogP contribution is -1.92. The summed E-state index contributed by atoms with van der Waals surface area (Å²) in [5, 5.41) is 6.92. The Kier molecular flexibility index (Phi) is 6.18. The normalized spacial score (nSPS) is 11.7. The van der Waals surface area contributed by atoms with Gasteiger partial charge in [-0.3, -0.25) is 4.98 Å². The van der Waals surface area contributed by atoms with Crippen LogP contribution in [0.3, 0.4) is 0 Å². The van der Waals surface area contributed by atoms with E-state index < -0.39 is 0 Å². The first-order valence-electron chi connectivity index (χ1n) is 16.6. The highest BCUT2D eigenvalue weighted by atomic mass is 16.3. The lowest BCUT2D eigenvalue weighted by atomic mass is 9.91. The summed E-state index contributed by atoms with van der Waals surface area (Å²) in [6.45, 7) is 0. The van der Waals surface area contributed by atoms with E-state index in [0.717, 1.165) is 82.8 Å². The van der Waals surface area contributed by atoms with Crippen LogP contribution in [-0.2, 0) is 0 Å². The van der Waals surface area contributed by atoms with Crippen molar-refractivity contribution in [2.45, 2.75) is 0 Å². The SMILES string of the molecule is c1cc(-c2ccc(-c3cnc4c5ccccc5c5ccccc5c4n3)cc2)cc(-c2ccccc2-c2cccc3c2oc2ccccc23)c1. The number of nitrogens with zero attached hydrogens (tertiary/aromatic N) is 2. The van der Waals surface area contributed by atoms with Crippen molar-refractivity contribution in [2.24, 2.45) is 0 Å². The summed E-state index contributed by atoms with van der Waals surface area (Å²) in [4.78, 5) is 10.1. The molecule has 49 heavy (non-hydrogen) atoms. The third-order valence-corrected chi connectivity index (χ3v) is 9.74. The van der Waals surface area contributed by atoms with Crippen LogP contribution >= 0.6 is 0 Å². The molecule has 0 spiro atoms. The van der Waals surface area contributed by atoms with E-state index in [-0.39, 0.29) is 0 Å². The van der Waals surface area contributed by atoms with E-state index in [1.165, 1.54) is 16.3 Å². The van der Waals surface area contributed by atoms with Gasteiger partial charge < -0.3 is 4.42 Å². The predicted octanol–water partition coefficient (Wildman–Crippen LogP) is 12.5. The van der Waals surface area contributed by atoms with Crippen molar-refractivity contribution >= 4 is 54.5 Å². The van der Waals surface area contributed by atoms with Gasteiger partial charge in [0.05, 0.1) is 22.9 Å². The van der Waals surface area contributed by atoms with Gasteiger partial charge in [-0.2, -0.15) is 0 Å². The zero-order chi connectivity index (χ0) is 32.3. The number of benzene rings is 8. The smallest absolute Gasteiger partial charge is 0.143 e. The Morgan fingerprint density at radius 3 is 1.73 bits per heavy atom. The van der Waals surface area contributed by atoms with Gasteiger partial charge in [0.2, 0.25) is 0 Å². The van der Waals surface area contributed by atoms with E-state index in [1.807, 2.05) is 18.3 Å². The molecule has 0 radical (unpaired) electrons. The highest BCUT2D eigenvalue weighted by Crippen LogP contribution is 2.41. The molecule has 0 atom stereocenters. The van der Waals surface area contributed by atoms with Gasteiger partial charge in [-0.25, -0.2) is 4.98 Å². The summed E-state index contributed by atoms with van der Waals surface area (Å²) in [7, 11) is 0. The van der Waals surface area contributed by atoms with Gasteiger partial charge in [-0.05, 0) is 50.7 Å². The molecule has 3 heteroatoms. The van der Waals surface area contributed by atoms with Crippen LogP contribution in [-0.4, -0.2) is 9.97 Å². The Bertz CT molecular complexity index is 2850. The van der Waals surface area contributed by atoms with Crippen LogP contribution in [0.2, 0.25) is 0 Å². The number of hydrogen-bond donors (Lipinski definition) is 0. The van der Waals surface area contributed by atoms with Crippen molar-refractivity contribution in [1.29, 1.82) is 0 Å². The molecule has 0 amide bonds. The molecule has 10 rings (SSSR count). The molecule has 0 aliphatic heterocycles. The number of para-hydroxylation sites is 2. The third-order valence-electron chi connectivity index (χ3n) is 9.74. The molecule has 0 aliphatic rings. The number of furan rings is 1. The van der Waals surface area contributed by atoms with Crippen LogP contribution in [0.25, 0.3) is 99.2 Å². The van der Waals surface area contributed by atoms with Crippen molar-refractivity contribution in [3.05, 3.63) is 170 Å². The maximum Gasteiger partial charge on any atom is 0.143 e. The molecule has 228 valence electrons. The van der Waals surface area contributed by atoms with E-state index >= 15 is 0 Å². The maximum absolute atomic E-state index is 6.42. The van der Waals surface area contributed by atoms with E-state index in [0.29, 0.717) is 0 Å². The molecule has 10 aromatic rings. The van der Waals surface area contributed by atoms with Gasteiger partial charge in [-0.15, -0.1) is 0 Å². The van der Waals surface area contributed by atoms with Crippen molar-refractivity contribution in [2.75, 3.05) is 0 Å². The first kappa shape index (κ1) is 27.5. The Labute approximate surface area is 282 Å². The molecule has 0 saturated heterocycles. The topological polar surface area (TPSA) is 38.9 Å². The number of fused-ring (bicyclic) bond motifs is 9. The summed E-state index contributed by atoms with van der Waals surface area (Å²) in [6.07, 6.45) is 1.90. The molecule has 0 saturated carbocycles. The lowest BCUT2D eigenvalue weighted by Gasteiger charge is -2.13. The largest absolute Gasteiger partial charge is 0.455 e. The highest BCUT2D eigenvalue weighted by Gasteiger charge is 2.16. The molecule has 2 aromatic heterocycles. The van der Waals surface area contributed by atoms with E-state index in [9.17, 15) is 0 Å².